The lowest BCUT2D eigenvalue weighted by atomic mass is 10.1. The zero-order valence-corrected chi connectivity index (χ0v) is 10.7. The van der Waals surface area contributed by atoms with Gasteiger partial charge in [0.05, 0.1) is 19.1 Å². The molecule has 3 nitrogen and oxygen atoms in total. The summed E-state index contributed by atoms with van der Waals surface area (Å²) in [4.78, 5) is 11.2. The van der Waals surface area contributed by atoms with Crippen molar-refractivity contribution in [1.29, 1.82) is 0 Å². The Labute approximate surface area is 99.2 Å². The van der Waals surface area contributed by atoms with Crippen LogP contribution in [0.1, 0.15) is 65.2 Å². The van der Waals surface area contributed by atoms with Crippen LogP contribution in [-0.2, 0) is 9.53 Å². The Morgan fingerprint density at radius 1 is 1.12 bits per heavy atom. The largest absolute Gasteiger partial charge is 0.466 e. The highest BCUT2D eigenvalue weighted by atomic mass is 16.5. The van der Waals surface area contributed by atoms with E-state index in [4.69, 9.17) is 4.74 Å². The number of carbonyl (C=O) groups excluding carboxylic acids is 1. The fourth-order valence-corrected chi connectivity index (χ4v) is 1.46. The number of hydrogen-bond acceptors (Lipinski definition) is 3. The second-order valence-electron chi connectivity index (χ2n) is 4.25. The molecule has 0 aliphatic carbocycles. The van der Waals surface area contributed by atoms with Crippen LogP contribution in [0.2, 0.25) is 0 Å². The van der Waals surface area contributed by atoms with E-state index in [2.05, 4.69) is 6.92 Å². The number of aliphatic hydroxyl groups excluding tert-OH is 1. The predicted octanol–water partition coefficient (Wildman–Crippen LogP) is 3.05. The van der Waals surface area contributed by atoms with Crippen LogP contribution in [0.5, 0.6) is 0 Å². The van der Waals surface area contributed by atoms with Crippen LogP contribution in [0.15, 0.2) is 0 Å². The molecule has 0 aromatic carbocycles. The van der Waals surface area contributed by atoms with Crippen LogP contribution < -0.4 is 0 Å². The molecule has 0 fully saturated rings. The number of carbonyl (C=O) groups is 1. The van der Waals surface area contributed by atoms with E-state index in [1.165, 1.54) is 25.7 Å². The highest BCUT2D eigenvalue weighted by Crippen LogP contribution is 2.05. The maximum atomic E-state index is 11.2. The maximum Gasteiger partial charge on any atom is 0.308 e. The molecule has 0 unspecified atom stereocenters. The predicted molar refractivity (Wildman–Crippen MR) is 65.2 cm³/mol. The molecule has 0 aromatic heterocycles. The summed E-state index contributed by atoms with van der Waals surface area (Å²) in [5, 5.41) is 9.23. The molecule has 0 amide bonds. The summed E-state index contributed by atoms with van der Waals surface area (Å²) in [6, 6.07) is 0. The van der Waals surface area contributed by atoms with E-state index in [0.717, 1.165) is 12.8 Å². The molecule has 0 aliphatic rings. The van der Waals surface area contributed by atoms with Gasteiger partial charge in [-0.2, -0.15) is 0 Å². The number of rotatable bonds is 10. The molecule has 3 heteroatoms. The summed E-state index contributed by atoms with van der Waals surface area (Å²) in [6.45, 7) is 4.55. The van der Waals surface area contributed by atoms with Gasteiger partial charge in [-0.05, 0) is 12.8 Å². The smallest absolute Gasteiger partial charge is 0.308 e. The quantitative estimate of drug-likeness (QED) is 0.463. The highest BCUT2D eigenvalue weighted by Gasteiger charge is 2.09. The van der Waals surface area contributed by atoms with Gasteiger partial charge >= 0.3 is 5.97 Å². The Balaban J connectivity index is 3.21. The molecule has 0 rings (SSSR count). The third-order valence-electron chi connectivity index (χ3n) is 2.63. The molecule has 0 bridgehead atoms. The molecular weight excluding hydrogens is 204 g/mol. The van der Waals surface area contributed by atoms with Crippen molar-refractivity contribution >= 4 is 5.97 Å². The average Bonchev–Trinajstić information content (AvgIpc) is 2.27. The maximum absolute atomic E-state index is 11.2. The molecule has 0 saturated heterocycles. The van der Waals surface area contributed by atoms with E-state index in [1.54, 1.807) is 0 Å². The van der Waals surface area contributed by atoms with E-state index < -0.39 is 6.10 Å². The van der Waals surface area contributed by atoms with Crippen molar-refractivity contribution in [1.82, 2.24) is 0 Å². The number of esters is 1. The summed E-state index contributed by atoms with van der Waals surface area (Å²) in [7, 11) is 0. The molecule has 1 N–H and O–H groups in total. The SMILES string of the molecule is CCCCCCCCOC(=O)C[C@@H](O)CC. The normalized spacial score (nSPS) is 12.4. The monoisotopic (exact) mass is 230 g/mol. The van der Waals surface area contributed by atoms with Crippen LogP contribution in [0.3, 0.4) is 0 Å². The molecule has 0 radical (unpaired) electrons. The summed E-state index contributed by atoms with van der Waals surface area (Å²) < 4.78 is 5.02. The lowest BCUT2D eigenvalue weighted by Gasteiger charge is -2.07. The van der Waals surface area contributed by atoms with Crippen LogP contribution in [0.25, 0.3) is 0 Å². The van der Waals surface area contributed by atoms with E-state index in [1.807, 2.05) is 6.92 Å². The van der Waals surface area contributed by atoms with Gasteiger partial charge in [-0.1, -0.05) is 46.0 Å². The van der Waals surface area contributed by atoms with Crippen LogP contribution >= 0.6 is 0 Å². The number of ether oxygens (including phenoxy) is 1. The second-order valence-corrected chi connectivity index (χ2v) is 4.25. The number of aliphatic hydroxyl groups is 1. The van der Waals surface area contributed by atoms with Crippen molar-refractivity contribution in [3.63, 3.8) is 0 Å². The molecule has 0 spiro atoms. The zero-order chi connectivity index (χ0) is 12.2. The first-order chi connectivity index (χ1) is 7.70. The van der Waals surface area contributed by atoms with Crippen molar-refractivity contribution in [2.75, 3.05) is 6.61 Å². The van der Waals surface area contributed by atoms with Crippen LogP contribution in [0, 0.1) is 0 Å². The van der Waals surface area contributed by atoms with Crippen molar-refractivity contribution in [3.05, 3.63) is 0 Å². The second kappa shape index (κ2) is 10.9. The van der Waals surface area contributed by atoms with E-state index in [-0.39, 0.29) is 12.4 Å². The van der Waals surface area contributed by atoms with Gasteiger partial charge in [-0.15, -0.1) is 0 Å². The molecule has 1 atom stereocenters. The Hall–Kier alpha value is -0.570. The summed E-state index contributed by atoms with van der Waals surface area (Å²) in [6.07, 6.45) is 7.31. The van der Waals surface area contributed by atoms with Crippen molar-refractivity contribution in [2.24, 2.45) is 0 Å². The lowest BCUT2D eigenvalue weighted by molar-refractivity contribution is -0.146. The fraction of sp³-hybridized carbons (Fsp3) is 0.923. The number of unbranched alkanes of at least 4 members (excludes halogenated alkanes) is 5. The Morgan fingerprint density at radius 2 is 1.75 bits per heavy atom. The first-order valence-corrected chi connectivity index (χ1v) is 6.54. The minimum Gasteiger partial charge on any atom is -0.466 e. The van der Waals surface area contributed by atoms with Gasteiger partial charge in [0.2, 0.25) is 0 Å². The van der Waals surface area contributed by atoms with Gasteiger partial charge in [0, 0.05) is 0 Å². The lowest BCUT2D eigenvalue weighted by Crippen LogP contribution is -2.15. The van der Waals surface area contributed by atoms with Gasteiger partial charge in [0.1, 0.15) is 0 Å². The van der Waals surface area contributed by atoms with Gasteiger partial charge in [0.15, 0.2) is 0 Å². The third kappa shape index (κ3) is 9.97. The fourth-order valence-electron chi connectivity index (χ4n) is 1.46. The van der Waals surface area contributed by atoms with Crippen molar-refractivity contribution < 1.29 is 14.6 Å². The molecule has 0 aromatic rings. The first kappa shape index (κ1) is 15.4. The van der Waals surface area contributed by atoms with Gasteiger partial charge in [-0.3, -0.25) is 4.79 Å². The third-order valence-corrected chi connectivity index (χ3v) is 2.63. The average molecular weight is 230 g/mol. The summed E-state index contributed by atoms with van der Waals surface area (Å²) >= 11 is 0. The Morgan fingerprint density at radius 3 is 2.38 bits per heavy atom. The minimum atomic E-state index is -0.544. The van der Waals surface area contributed by atoms with Crippen molar-refractivity contribution in [2.45, 2.75) is 71.3 Å². The van der Waals surface area contributed by atoms with E-state index >= 15 is 0 Å². The van der Waals surface area contributed by atoms with Crippen molar-refractivity contribution in [3.8, 4) is 0 Å². The molecule has 0 saturated carbocycles. The van der Waals surface area contributed by atoms with E-state index in [0.29, 0.717) is 13.0 Å². The van der Waals surface area contributed by atoms with Gasteiger partial charge in [0.25, 0.3) is 0 Å². The molecule has 0 aliphatic heterocycles. The first-order valence-electron chi connectivity index (χ1n) is 6.54. The molecule has 96 valence electrons. The van der Waals surface area contributed by atoms with Gasteiger partial charge in [-0.25, -0.2) is 0 Å². The summed E-state index contributed by atoms with van der Waals surface area (Å²) in [5.74, 6) is -0.275. The Bertz CT molecular complexity index is 169. The summed E-state index contributed by atoms with van der Waals surface area (Å²) in [5.41, 5.74) is 0. The molecular formula is C13H26O3. The molecule has 0 heterocycles. The van der Waals surface area contributed by atoms with Crippen LogP contribution in [0.4, 0.5) is 0 Å². The molecule has 16 heavy (non-hydrogen) atoms. The highest BCUT2D eigenvalue weighted by molar-refractivity contribution is 5.69. The van der Waals surface area contributed by atoms with Crippen LogP contribution in [-0.4, -0.2) is 23.8 Å². The minimum absolute atomic E-state index is 0.131. The van der Waals surface area contributed by atoms with Gasteiger partial charge < -0.3 is 9.84 Å². The zero-order valence-electron chi connectivity index (χ0n) is 10.7. The topological polar surface area (TPSA) is 46.5 Å². The standard InChI is InChI=1S/C13H26O3/c1-3-5-6-7-8-9-10-16-13(15)11-12(14)4-2/h12,14H,3-11H2,1-2H3/t12-/m0/s1. The number of hydrogen-bond donors (Lipinski definition) is 1. The Kier molecular flexibility index (Phi) is 10.5. The van der Waals surface area contributed by atoms with E-state index in [9.17, 15) is 9.90 Å².